The van der Waals surface area contributed by atoms with Crippen LogP contribution in [-0.2, 0) is 14.8 Å². The van der Waals surface area contributed by atoms with E-state index in [-0.39, 0.29) is 23.9 Å². The normalized spacial score (nSPS) is 11.3. The minimum Gasteiger partial charge on any atom is -0.311 e. The van der Waals surface area contributed by atoms with Gasteiger partial charge in [0.15, 0.2) is 0 Å². The Hall–Kier alpha value is -1.89. The predicted octanol–water partition coefficient (Wildman–Crippen LogP) is 2.98. The quantitative estimate of drug-likeness (QED) is 0.854. The number of benzene rings is 2. The molecule has 0 aromatic heterocycles. The van der Waals surface area contributed by atoms with Crippen LogP contribution in [0, 0.1) is 6.92 Å². The minimum atomic E-state index is -3.67. The summed E-state index contributed by atoms with van der Waals surface area (Å²) in [6.07, 6.45) is 0. The lowest BCUT2D eigenvalue weighted by molar-refractivity contribution is -0.116. The van der Waals surface area contributed by atoms with Crippen LogP contribution in [0.5, 0.6) is 0 Å². The van der Waals surface area contributed by atoms with Crippen LogP contribution in [0.1, 0.15) is 12.5 Å². The van der Waals surface area contributed by atoms with Crippen LogP contribution in [0.3, 0.4) is 0 Å². The van der Waals surface area contributed by atoms with Crippen molar-refractivity contribution >= 4 is 33.2 Å². The van der Waals surface area contributed by atoms with Crippen molar-refractivity contribution in [2.75, 3.05) is 18.0 Å². The highest BCUT2D eigenvalue weighted by atomic mass is 35.5. The largest absolute Gasteiger partial charge is 0.311 e. The molecule has 5 nitrogen and oxygen atoms in total. The number of carbonyl (C=O) groups is 1. The zero-order chi connectivity index (χ0) is 17.7. The van der Waals surface area contributed by atoms with Gasteiger partial charge in [-0.25, -0.2) is 13.1 Å². The molecule has 0 fully saturated rings. The molecule has 2 rings (SSSR count). The van der Waals surface area contributed by atoms with Crippen molar-refractivity contribution in [3.05, 3.63) is 59.1 Å². The number of amides is 1. The first-order valence-corrected chi connectivity index (χ1v) is 9.26. The first kappa shape index (κ1) is 18.4. The monoisotopic (exact) mass is 366 g/mol. The van der Waals surface area contributed by atoms with Crippen molar-refractivity contribution in [1.82, 2.24) is 4.72 Å². The lowest BCUT2D eigenvalue weighted by Gasteiger charge is -2.21. The second kappa shape index (κ2) is 7.79. The van der Waals surface area contributed by atoms with Gasteiger partial charge in [0.25, 0.3) is 0 Å². The van der Waals surface area contributed by atoms with E-state index >= 15 is 0 Å². The lowest BCUT2D eigenvalue weighted by Crippen LogP contribution is -2.37. The van der Waals surface area contributed by atoms with Crippen molar-refractivity contribution in [2.45, 2.75) is 18.7 Å². The molecule has 0 aliphatic carbocycles. The number of hydrogen-bond donors (Lipinski definition) is 1. The van der Waals surface area contributed by atoms with Gasteiger partial charge in [-0.1, -0.05) is 29.8 Å². The van der Waals surface area contributed by atoms with Crippen molar-refractivity contribution in [1.29, 1.82) is 0 Å². The molecule has 2 aromatic carbocycles. The van der Waals surface area contributed by atoms with Crippen molar-refractivity contribution in [3.63, 3.8) is 0 Å². The summed E-state index contributed by atoms with van der Waals surface area (Å²) in [6.45, 7) is 3.72. The fraction of sp³-hybridized carbons (Fsp3) is 0.235. The van der Waals surface area contributed by atoms with Crippen molar-refractivity contribution in [3.8, 4) is 0 Å². The molecule has 0 heterocycles. The van der Waals surface area contributed by atoms with E-state index in [9.17, 15) is 13.2 Å². The SMILES string of the molecule is CC(=O)N(CCNS(=O)(=O)c1cccc(Cl)c1)c1cccc(C)c1. The molecular weight excluding hydrogens is 348 g/mol. The van der Waals surface area contributed by atoms with Crippen LogP contribution >= 0.6 is 11.6 Å². The van der Waals surface area contributed by atoms with Gasteiger partial charge in [0.05, 0.1) is 4.90 Å². The van der Waals surface area contributed by atoms with Crippen LogP contribution in [0.15, 0.2) is 53.4 Å². The molecule has 7 heteroatoms. The summed E-state index contributed by atoms with van der Waals surface area (Å²) in [7, 11) is -3.67. The molecule has 1 amide bonds. The predicted molar refractivity (Wildman–Crippen MR) is 95.8 cm³/mol. The van der Waals surface area contributed by atoms with Gasteiger partial charge in [-0.05, 0) is 42.8 Å². The Bertz CT molecular complexity index is 837. The van der Waals surface area contributed by atoms with Crippen LogP contribution in [0.25, 0.3) is 0 Å². The molecule has 0 bridgehead atoms. The third-order valence-electron chi connectivity index (χ3n) is 3.43. The average Bonchev–Trinajstić information content (AvgIpc) is 2.51. The maximum absolute atomic E-state index is 12.3. The number of hydrogen-bond acceptors (Lipinski definition) is 3. The van der Waals surface area contributed by atoms with E-state index in [4.69, 9.17) is 11.6 Å². The fourth-order valence-corrected chi connectivity index (χ4v) is 3.60. The Morgan fingerprint density at radius 3 is 2.50 bits per heavy atom. The van der Waals surface area contributed by atoms with Gasteiger partial charge in [-0.3, -0.25) is 4.79 Å². The van der Waals surface area contributed by atoms with Gasteiger partial charge in [-0.2, -0.15) is 0 Å². The molecule has 0 atom stereocenters. The van der Waals surface area contributed by atoms with Crippen LogP contribution < -0.4 is 9.62 Å². The molecule has 0 spiro atoms. The Balaban J connectivity index is 2.07. The summed E-state index contributed by atoms with van der Waals surface area (Å²) in [6, 6.07) is 13.5. The Labute approximate surface area is 147 Å². The minimum absolute atomic E-state index is 0.0972. The highest BCUT2D eigenvalue weighted by molar-refractivity contribution is 7.89. The summed E-state index contributed by atoms with van der Waals surface area (Å²) in [5.41, 5.74) is 1.77. The second-order valence-electron chi connectivity index (χ2n) is 5.36. The highest BCUT2D eigenvalue weighted by Gasteiger charge is 2.16. The van der Waals surface area contributed by atoms with Crippen LogP contribution in [0.4, 0.5) is 5.69 Å². The summed E-state index contributed by atoms with van der Waals surface area (Å²) in [4.78, 5) is 13.5. The third kappa shape index (κ3) is 4.80. The number of aryl methyl sites for hydroxylation is 1. The molecule has 128 valence electrons. The number of nitrogens with one attached hydrogen (secondary N) is 1. The second-order valence-corrected chi connectivity index (χ2v) is 7.57. The van der Waals surface area contributed by atoms with E-state index in [1.165, 1.54) is 24.0 Å². The molecule has 0 radical (unpaired) electrons. The van der Waals surface area contributed by atoms with Gasteiger partial charge >= 0.3 is 0 Å². The molecule has 0 saturated carbocycles. The van der Waals surface area contributed by atoms with Gasteiger partial charge < -0.3 is 4.90 Å². The molecule has 2 aromatic rings. The zero-order valence-corrected chi connectivity index (χ0v) is 15.1. The first-order chi connectivity index (χ1) is 11.3. The lowest BCUT2D eigenvalue weighted by atomic mass is 10.2. The topological polar surface area (TPSA) is 66.5 Å². The van der Waals surface area contributed by atoms with Gasteiger partial charge in [0.2, 0.25) is 15.9 Å². The molecular formula is C17H19ClN2O3S. The van der Waals surface area contributed by atoms with E-state index in [0.717, 1.165) is 11.3 Å². The number of rotatable bonds is 6. The smallest absolute Gasteiger partial charge is 0.240 e. The summed E-state index contributed by atoms with van der Waals surface area (Å²) in [5, 5.41) is 0.350. The van der Waals surface area contributed by atoms with Crippen LogP contribution in [0.2, 0.25) is 5.02 Å². The molecule has 1 N–H and O–H groups in total. The van der Waals surface area contributed by atoms with E-state index in [1.807, 2.05) is 31.2 Å². The third-order valence-corrected chi connectivity index (χ3v) is 5.12. The Morgan fingerprint density at radius 2 is 1.88 bits per heavy atom. The van der Waals surface area contributed by atoms with Gasteiger partial charge in [0, 0.05) is 30.7 Å². The maximum atomic E-state index is 12.3. The first-order valence-electron chi connectivity index (χ1n) is 7.39. The van der Waals surface area contributed by atoms with Crippen molar-refractivity contribution < 1.29 is 13.2 Å². The van der Waals surface area contributed by atoms with E-state index in [0.29, 0.717) is 5.02 Å². The van der Waals surface area contributed by atoms with E-state index in [1.54, 1.807) is 12.1 Å². The number of carbonyl (C=O) groups excluding carboxylic acids is 1. The summed E-state index contributed by atoms with van der Waals surface area (Å²) < 4.78 is 27.0. The van der Waals surface area contributed by atoms with Crippen molar-refractivity contribution in [2.24, 2.45) is 0 Å². The Morgan fingerprint density at radius 1 is 1.17 bits per heavy atom. The number of anilines is 1. The fourth-order valence-electron chi connectivity index (χ4n) is 2.27. The molecule has 0 aliphatic rings. The average molecular weight is 367 g/mol. The highest BCUT2D eigenvalue weighted by Crippen LogP contribution is 2.17. The van der Waals surface area contributed by atoms with Gasteiger partial charge in [0.1, 0.15) is 0 Å². The molecule has 24 heavy (non-hydrogen) atoms. The molecule has 0 saturated heterocycles. The standard InChI is InChI=1S/C17H19ClN2O3S/c1-13-5-3-7-16(11-13)20(14(2)21)10-9-19-24(22,23)17-8-4-6-15(18)12-17/h3-8,11-12,19H,9-10H2,1-2H3. The van der Waals surface area contributed by atoms with Gasteiger partial charge in [-0.15, -0.1) is 0 Å². The molecule has 0 aliphatic heterocycles. The van der Waals surface area contributed by atoms with E-state index in [2.05, 4.69) is 4.72 Å². The number of nitrogens with zero attached hydrogens (tertiary/aromatic N) is 1. The molecule has 0 unspecified atom stereocenters. The maximum Gasteiger partial charge on any atom is 0.240 e. The van der Waals surface area contributed by atoms with Crippen LogP contribution in [-0.4, -0.2) is 27.4 Å². The van der Waals surface area contributed by atoms with E-state index < -0.39 is 10.0 Å². The number of sulfonamides is 1. The Kier molecular flexibility index (Phi) is 5.99. The summed E-state index contributed by atoms with van der Waals surface area (Å²) in [5.74, 6) is -0.150. The zero-order valence-electron chi connectivity index (χ0n) is 13.5. The number of halogens is 1. The summed E-state index contributed by atoms with van der Waals surface area (Å²) >= 11 is 5.83.